The van der Waals surface area contributed by atoms with Crippen LogP contribution < -0.4 is 15.2 Å². The van der Waals surface area contributed by atoms with Crippen molar-refractivity contribution in [3.63, 3.8) is 0 Å². The van der Waals surface area contributed by atoms with E-state index in [9.17, 15) is 4.79 Å². The minimum absolute atomic E-state index is 0. The van der Waals surface area contributed by atoms with Crippen LogP contribution in [0.15, 0.2) is 24.3 Å². The van der Waals surface area contributed by atoms with E-state index in [0.29, 0.717) is 24.6 Å². The molecule has 1 amide bonds. The van der Waals surface area contributed by atoms with Gasteiger partial charge >= 0.3 is 0 Å². The Morgan fingerprint density at radius 2 is 2.00 bits per heavy atom. The first-order valence-corrected chi connectivity index (χ1v) is 7.44. The Kier molecular flexibility index (Phi) is 4.87. The van der Waals surface area contributed by atoms with Crippen LogP contribution in [-0.2, 0) is 4.79 Å². The number of amides is 1. The monoisotopic (exact) mass is 326 g/mol. The molecule has 0 aliphatic carbocycles. The smallest absolute Gasteiger partial charge is 0.267 e. The van der Waals surface area contributed by atoms with Gasteiger partial charge in [0.15, 0.2) is 11.5 Å². The summed E-state index contributed by atoms with van der Waals surface area (Å²) in [6.45, 7) is 6.02. The Morgan fingerprint density at radius 1 is 1.36 bits per heavy atom. The number of benzene rings is 1. The molecule has 1 fully saturated rings. The zero-order valence-corrected chi connectivity index (χ0v) is 13.8. The molecule has 2 aliphatic rings. The number of carbonyl (C=O) groups is 1. The van der Waals surface area contributed by atoms with E-state index in [-0.39, 0.29) is 29.8 Å². The first-order chi connectivity index (χ1) is 10.0. The summed E-state index contributed by atoms with van der Waals surface area (Å²) in [5.74, 6) is 1.33. The van der Waals surface area contributed by atoms with Gasteiger partial charge in [0.25, 0.3) is 5.91 Å². The Bertz CT molecular complexity index is 554. The molecule has 6 heteroatoms. The zero-order valence-electron chi connectivity index (χ0n) is 13.0. The van der Waals surface area contributed by atoms with Crippen LogP contribution in [-0.4, -0.2) is 42.6 Å². The highest BCUT2D eigenvalue weighted by Gasteiger charge is 2.41. The minimum Gasteiger partial charge on any atom is -0.482 e. The third kappa shape index (κ3) is 3.01. The van der Waals surface area contributed by atoms with Crippen LogP contribution >= 0.6 is 12.4 Å². The van der Waals surface area contributed by atoms with E-state index >= 15 is 0 Å². The van der Waals surface area contributed by atoms with Gasteiger partial charge in [-0.2, -0.15) is 0 Å². The summed E-state index contributed by atoms with van der Waals surface area (Å²) >= 11 is 0. The molecular weight excluding hydrogens is 304 g/mol. The molecule has 1 aromatic rings. The van der Waals surface area contributed by atoms with Crippen molar-refractivity contribution >= 4 is 18.3 Å². The molecule has 0 spiro atoms. The Balaban J connectivity index is 0.00000176. The topological polar surface area (TPSA) is 64.8 Å². The Labute approximate surface area is 137 Å². The van der Waals surface area contributed by atoms with Crippen LogP contribution in [0.1, 0.15) is 20.3 Å². The van der Waals surface area contributed by atoms with Crippen molar-refractivity contribution in [2.24, 2.45) is 11.1 Å². The molecule has 0 radical (unpaired) electrons. The number of carbonyl (C=O) groups excluding carboxylic acids is 1. The number of hydrogen-bond acceptors (Lipinski definition) is 4. The van der Waals surface area contributed by atoms with Crippen LogP contribution in [0.5, 0.6) is 11.5 Å². The number of para-hydroxylation sites is 2. The SMILES string of the molecule is CC1Oc2ccccc2OC1C(=O)N1CCC(C)(CN)C1.Cl. The average Bonchev–Trinajstić information content (AvgIpc) is 2.89. The lowest BCUT2D eigenvalue weighted by molar-refractivity contribution is -0.143. The number of hydrogen-bond donors (Lipinski definition) is 1. The predicted molar refractivity (Wildman–Crippen MR) is 86.6 cm³/mol. The molecule has 2 aliphatic heterocycles. The highest BCUT2D eigenvalue weighted by Crippen LogP contribution is 2.35. The predicted octanol–water partition coefficient (Wildman–Crippen LogP) is 1.83. The van der Waals surface area contributed by atoms with Gasteiger partial charge in [0.2, 0.25) is 6.10 Å². The van der Waals surface area contributed by atoms with Gasteiger partial charge < -0.3 is 20.1 Å². The van der Waals surface area contributed by atoms with Gasteiger partial charge in [0.05, 0.1) is 0 Å². The molecule has 0 bridgehead atoms. The van der Waals surface area contributed by atoms with E-state index in [1.807, 2.05) is 36.1 Å². The molecule has 1 aromatic carbocycles. The van der Waals surface area contributed by atoms with Crippen molar-refractivity contribution in [3.05, 3.63) is 24.3 Å². The summed E-state index contributed by atoms with van der Waals surface area (Å²) in [5, 5.41) is 0. The number of likely N-dealkylation sites (tertiary alicyclic amines) is 1. The van der Waals surface area contributed by atoms with Gasteiger partial charge in [-0.3, -0.25) is 4.79 Å². The van der Waals surface area contributed by atoms with Crippen molar-refractivity contribution in [2.45, 2.75) is 32.5 Å². The highest BCUT2D eigenvalue weighted by atomic mass is 35.5. The first kappa shape index (κ1) is 16.9. The maximum atomic E-state index is 12.7. The summed E-state index contributed by atoms with van der Waals surface area (Å²) < 4.78 is 11.7. The van der Waals surface area contributed by atoms with Crippen LogP contribution in [0, 0.1) is 5.41 Å². The standard InChI is InChI=1S/C16H22N2O3.ClH/c1-11-14(21-13-6-4-3-5-12(13)20-11)15(19)18-8-7-16(2,9-17)10-18;/h3-6,11,14H,7-10,17H2,1-2H3;1H. The molecule has 5 nitrogen and oxygen atoms in total. The first-order valence-electron chi connectivity index (χ1n) is 7.44. The number of nitrogens with two attached hydrogens (primary N) is 1. The third-order valence-electron chi connectivity index (χ3n) is 4.45. The lowest BCUT2D eigenvalue weighted by atomic mass is 9.90. The minimum atomic E-state index is -0.583. The highest BCUT2D eigenvalue weighted by molar-refractivity contribution is 5.85. The van der Waals surface area contributed by atoms with E-state index in [1.165, 1.54) is 0 Å². The number of ether oxygens (including phenoxy) is 2. The van der Waals surface area contributed by atoms with Gasteiger partial charge in [-0.1, -0.05) is 19.1 Å². The van der Waals surface area contributed by atoms with E-state index in [0.717, 1.165) is 13.0 Å². The molecule has 3 unspecified atom stereocenters. The second kappa shape index (κ2) is 6.34. The van der Waals surface area contributed by atoms with Gasteiger partial charge in [0.1, 0.15) is 6.10 Å². The summed E-state index contributed by atoms with van der Waals surface area (Å²) in [5.41, 5.74) is 5.83. The molecule has 0 saturated carbocycles. The van der Waals surface area contributed by atoms with Gasteiger partial charge in [0, 0.05) is 13.1 Å². The molecule has 3 atom stereocenters. The lowest BCUT2D eigenvalue weighted by Gasteiger charge is -2.33. The number of rotatable bonds is 2. The van der Waals surface area contributed by atoms with Gasteiger partial charge in [-0.05, 0) is 37.4 Å². The van der Waals surface area contributed by atoms with Crippen molar-refractivity contribution in [2.75, 3.05) is 19.6 Å². The second-order valence-electron chi connectivity index (χ2n) is 6.33. The summed E-state index contributed by atoms with van der Waals surface area (Å²) in [4.78, 5) is 14.6. The fourth-order valence-corrected chi connectivity index (χ4v) is 2.95. The maximum absolute atomic E-state index is 12.7. The Morgan fingerprint density at radius 3 is 2.59 bits per heavy atom. The van der Waals surface area contributed by atoms with Crippen molar-refractivity contribution in [1.82, 2.24) is 4.90 Å². The van der Waals surface area contributed by atoms with Crippen molar-refractivity contribution in [3.8, 4) is 11.5 Å². The van der Waals surface area contributed by atoms with Crippen LogP contribution in [0.2, 0.25) is 0 Å². The van der Waals surface area contributed by atoms with E-state index < -0.39 is 6.10 Å². The molecule has 3 rings (SSSR count). The fourth-order valence-electron chi connectivity index (χ4n) is 2.95. The summed E-state index contributed by atoms with van der Waals surface area (Å²) in [6, 6.07) is 7.45. The number of halogens is 1. The molecule has 2 N–H and O–H groups in total. The largest absolute Gasteiger partial charge is 0.482 e. The zero-order chi connectivity index (χ0) is 15.0. The van der Waals surface area contributed by atoms with Crippen LogP contribution in [0.4, 0.5) is 0 Å². The number of nitrogens with zero attached hydrogens (tertiary/aromatic N) is 1. The summed E-state index contributed by atoms with van der Waals surface area (Å²) in [6.07, 6.45) is 0.0606. The number of fused-ring (bicyclic) bond motifs is 1. The van der Waals surface area contributed by atoms with Gasteiger partial charge in [-0.25, -0.2) is 0 Å². The molecule has 1 saturated heterocycles. The molecule has 122 valence electrons. The van der Waals surface area contributed by atoms with E-state index in [4.69, 9.17) is 15.2 Å². The lowest BCUT2D eigenvalue weighted by Crippen LogP contribution is -2.50. The van der Waals surface area contributed by atoms with Crippen molar-refractivity contribution in [1.29, 1.82) is 0 Å². The molecule has 0 aromatic heterocycles. The summed E-state index contributed by atoms with van der Waals surface area (Å²) in [7, 11) is 0. The molecule has 22 heavy (non-hydrogen) atoms. The van der Waals surface area contributed by atoms with E-state index in [1.54, 1.807) is 0 Å². The van der Waals surface area contributed by atoms with Crippen LogP contribution in [0.3, 0.4) is 0 Å². The van der Waals surface area contributed by atoms with Crippen LogP contribution in [0.25, 0.3) is 0 Å². The third-order valence-corrected chi connectivity index (χ3v) is 4.45. The second-order valence-corrected chi connectivity index (χ2v) is 6.33. The molecule has 2 heterocycles. The fraction of sp³-hybridized carbons (Fsp3) is 0.562. The van der Waals surface area contributed by atoms with E-state index in [2.05, 4.69) is 6.92 Å². The Hall–Kier alpha value is -1.46. The van der Waals surface area contributed by atoms with Gasteiger partial charge in [-0.15, -0.1) is 12.4 Å². The van der Waals surface area contributed by atoms with Crippen molar-refractivity contribution < 1.29 is 14.3 Å². The average molecular weight is 327 g/mol. The normalized spacial score (nSPS) is 29.9. The molecular formula is C16H23ClN2O3. The quantitative estimate of drug-likeness (QED) is 0.900. The maximum Gasteiger partial charge on any atom is 0.267 e.